The van der Waals surface area contributed by atoms with Crippen LogP contribution in [0, 0.1) is 0 Å². The minimum absolute atomic E-state index is 0. The lowest BCUT2D eigenvalue weighted by Gasteiger charge is -2.33. The average molecular weight is 361 g/mol. The summed E-state index contributed by atoms with van der Waals surface area (Å²) >= 11 is 0. The van der Waals surface area contributed by atoms with Gasteiger partial charge in [0.2, 0.25) is 0 Å². The van der Waals surface area contributed by atoms with Crippen LogP contribution in [0.25, 0.3) is 0 Å². The van der Waals surface area contributed by atoms with E-state index in [9.17, 15) is 4.79 Å². The van der Waals surface area contributed by atoms with E-state index >= 15 is 0 Å². The number of para-hydroxylation sites is 1. The van der Waals surface area contributed by atoms with Crippen molar-refractivity contribution in [3.8, 4) is 5.75 Å². The molecule has 1 amide bonds. The summed E-state index contributed by atoms with van der Waals surface area (Å²) < 4.78 is 5.83. The van der Waals surface area contributed by atoms with Crippen LogP contribution in [0.5, 0.6) is 5.75 Å². The number of nitrogens with zero attached hydrogens (tertiary/aromatic N) is 1. The molecule has 0 radical (unpaired) electrons. The lowest BCUT2D eigenvalue weighted by Crippen LogP contribution is -2.47. The highest BCUT2D eigenvalue weighted by molar-refractivity contribution is 5.95. The SMILES string of the molecule is CNC1CCCN(C(=O)c2ccccc2COc2ccccc2)C1.Cl. The van der Waals surface area contributed by atoms with Crippen LogP contribution in [0.15, 0.2) is 54.6 Å². The van der Waals surface area contributed by atoms with Crippen molar-refractivity contribution in [3.63, 3.8) is 0 Å². The number of amides is 1. The summed E-state index contributed by atoms with van der Waals surface area (Å²) in [5, 5.41) is 3.28. The Hall–Kier alpha value is -2.04. The second-order valence-electron chi connectivity index (χ2n) is 6.14. The number of likely N-dealkylation sites (N-methyl/N-ethyl adjacent to an activating group) is 1. The molecule has 4 nitrogen and oxygen atoms in total. The normalized spacial score (nSPS) is 16.8. The van der Waals surface area contributed by atoms with Gasteiger partial charge in [-0.05, 0) is 38.1 Å². The number of halogens is 1. The maximum atomic E-state index is 12.9. The highest BCUT2D eigenvalue weighted by Gasteiger charge is 2.24. The van der Waals surface area contributed by atoms with Crippen LogP contribution in [-0.2, 0) is 6.61 Å². The molecule has 0 aromatic heterocycles. The second-order valence-corrected chi connectivity index (χ2v) is 6.14. The predicted molar refractivity (Wildman–Crippen MR) is 102 cm³/mol. The summed E-state index contributed by atoms with van der Waals surface area (Å²) in [5.41, 5.74) is 1.67. The van der Waals surface area contributed by atoms with Crippen LogP contribution in [0.2, 0.25) is 0 Å². The number of hydrogen-bond acceptors (Lipinski definition) is 3. The molecule has 3 rings (SSSR count). The van der Waals surface area contributed by atoms with Crippen molar-refractivity contribution in [1.82, 2.24) is 10.2 Å². The smallest absolute Gasteiger partial charge is 0.254 e. The Labute approximate surface area is 155 Å². The summed E-state index contributed by atoms with van der Waals surface area (Å²) in [6.07, 6.45) is 2.17. The molecular weight excluding hydrogens is 336 g/mol. The minimum atomic E-state index is 0. The molecule has 1 N–H and O–H groups in total. The lowest BCUT2D eigenvalue weighted by atomic mass is 10.0. The molecule has 1 fully saturated rings. The van der Waals surface area contributed by atoms with Gasteiger partial charge in [-0.2, -0.15) is 0 Å². The Morgan fingerprint density at radius 1 is 1.16 bits per heavy atom. The number of benzene rings is 2. The average Bonchev–Trinajstić information content (AvgIpc) is 2.67. The van der Waals surface area contributed by atoms with Crippen LogP contribution in [0.3, 0.4) is 0 Å². The number of likely N-dealkylation sites (tertiary alicyclic amines) is 1. The van der Waals surface area contributed by atoms with E-state index < -0.39 is 0 Å². The quantitative estimate of drug-likeness (QED) is 0.887. The van der Waals surface area contributed by atoms with Crippen molar-refractivity contribution in [2.75, 3.05) is 20.1 Å². The molecule has 0 spiro atoms. The molecular formula is C20H25ClN2O2. The van der Waals surface area contributed by atoms with E-state index in [2.05, 4.69) is 5.32 Å². The number of carbonyl (C=O) groups excluding carboxylic acids is 1. The topological polar surface area (TPSA) is 41.6 Å². The zero-order valence-electron chi connectivity index (χ0n) is 14.5. The van der Waals surface area contributed by atoms with E-state index in [0.717, 1.165) is 42.8 Å². The monoisotopic (exact) mass is 360 g/mol. The molecule has 25 heavy (non-hydrogen) atoms. The van der Waals surface area contributed by atoms with Crippen molar-refractivity contribution >= 4 is 18.3 Å². The van der Waals surface area contributed by atoms with Crippen LogP contribution < -0.4 is 10.1 Å². The van der Waals surface area contributed by atoms with Gasteiger partial charge in [-0.3, -0.25) is 4.79 Å². The largest absolute Gasteiger partial charge is 0.489 e. The van der Waals surface area contributed by atoms with Gasteiger partial charge in [-0.25, -0.2) is 0 Å². The van der Waals surface area contributed by atoms with E-state index in [1.165, 1.54) is 0 Å². The summed E-state index contributed by atoms with van der Waals surface area (Å²) in [5.74, 6) is 0.912. The highest BCUT2D eigenvalue weighted by Crippen LogP contribution is 2.19. The van der Waals surface area contributed by atoms with Crippen LogP contribution in [0.1, 0.15) is 28.8 Å². The van der Waals surface area contributed by atoms with Crippen molar-refractivity contribution in [3.05, 3.63) is 65.7 Å². The summed E-state index contributed by atoms with van der Waals surface area (Å²) in [6.45, 7) is 1.99. The third-order valence-electron chi connectivity index (χ3n) is 4.50. The molecule has 1 atom stereocenters. The third kappa shape index (κ3) is 4.97. The fraction of sp³-hybridized carbons (Fsp3) is 0.350. The van der Waals surface area contributed by atoms with Gasteiger partial charge in [0.05, 0.1) is 0 Å². The van der Waals surface area contributed by atoms with E-state index in [1.807, 2.05) is 66.5 Å². The minimum Gasteiger partial charge on any atom is -0.489 e. The van der Waals surface area contributed by atoms with E-state index in [0.29, 0.717) is 12.6 Å². The van der Waals surface area contributed by atoms with Gasteiger partial charge in [0, 0.05) is 30.3 Å². The molecule has 1 saturated heterocycles. The Morgan fingerprint density at radius 3 is 2.64 bits per heavy atom. The molecule has 134 valence electrons. The first kappa shape index (κ1) is 19.3. The van der Waals surface area contributed by atoms with Gasteiger partial charge in [0.1, 0.15) is 12.4 Å². The van der Waals surface area contributed by atoms with Crippen molar-refractivity contribution in [2.45, 2.75) is 25.5 Å². The summed E-state index contributed by atoms with van der Waals surface area (Å²) in [6, 6.07) is 17.8. The molecule has 0 aliphatic carbocycles. The number of hydrogen-bond donors (Lipinski definition) is 1. The Bertz CT molecular complexity index is 678. The van der Waals surface area contributed by atoms with Gasteiger partial charge in [-0.1, -0.05) is 36.4 Å². The number of carbonyl (C=O) groups is 1. The Morgan fingerprint density at radius 2 is 1.88 bits per heavy atom. The van der Waals surface area contributed by atoms with Crippen LogP contribution in [-0.4, -0.2) is 37.0 Å². The number of piperidine rings is 1. The van der Waals surface area contributed by atoms with E-state index in [4.69, 9.17) is 4.74 Å². The van der Waals surface area contributed by atoms with Crippen molar-refractivity contribution < 1.29 is 9.53 Å². The van der Waals surface area contributed by atoms with Gasteiger partial charge < -0.3 is 15.0 Å². The standard InChI is InChI=1S/C20H24N2O2.ClH/c1-21-17-9-7-13-22(14-17)20(23)19-12-6-5-8-16(19)15-24-18-10-3-2-4-11-18;/h2-6,8,10-12,17,21H,7,9,13-15H2,1H3;1H. The molecule has 2 aromatic rings. The van der Waals surface area contributed by atoms with Crippen molar-refractivity contribution in [1.29, 1.82) is 0 Å². The number of rotatable bonds is 5. The summed E-state index contributed by atoms with van der Waals surface area (Å²) in [4.78, 5) is 14.9. The van der Waals surface area contributed by atoms with E-state index in [1.54, 1.807) is 0 Å². The first-order valence-electron chi connectivity index (χ1n) is 8.50. The zero-order valence-corrected chi connectivity index (χ0v) is 15.3. The Kier molecular flexibility index (Phi) is 7.29. The third-order valence-corrected chi connectivity index (χ3v) is 4.50. The lowest BCUT2D eigenvalue weighted by molar-refractivity contribution is 0.0695. The molecule has 1 aliphatic heterocycles. The molecule has 1 unspecified atom stereocenters. The molecule has 0 saturated carbocycles. The van der Waals surface area contributed by atoms with Gasteiger partial charge in [0.15, 0.2) is 0 Å². The van der Waals surface area contributed by atoms with Crippen LogP contribution in [0.4, 0.5) is 0 Å². The van der Waals surface area contributed by atoms with Crippen molar-refractivity contribution in [2.24, 2.45) is 0 Å². The first-order chi connectivity index (χ1) is 11.8. The molecule has 2 aromatic carbocycles. The maximum absolute atomic E-state index is 12.9. The second kappa shape index (κ2) is 9.44. The fourth-order valence-electron chi connectivity index (χ4n) is 3.10. The number of nitrogens with one attached hydrogen (secondary N) is 1. The Balaban J connectivity index is 0.00000225. The summed E-state index contributed by atoms with van der Waals surface area (Å²) in [7, 11) is 1.96. The predicted octanol–water partition coefficient (Wildman–Crippen LogP) is 3.51. The van der Waals surface area contributed by atoms with Gasteiger partial charge >= 0.3 is 0 Å². The molecule has 0 bridgehead atoms. The zero-order chi connectivity index (χ0) is 16.8. The van der Waals surface area contributed by atoms with Gasteiger partial charge in [0.25, 0.3) is 5.91 Å². The molecule has 1 aliphatic rings. The van der Waals surface area contributed by atoms with Crippen LogP contribution >= 0.6 is 12.4 Å². The first-order valence-corrected chi connectivity index (χ1v) is 8.50. The van der Waals surface area contributed by atoms with E-state index in [-0.39, 0.29) is 18.3 Å². The fourth-order valence-corrected chi connectivity index (χ4v) is 3.10. The maximum Gasteiger partial charge on any atom is 0.254 e. The molecule has 1 heterocycles. The highest BCUT2D eigenvalue weighted by atomic mass is 35.5. The molecule has 5 heteroatoms. The van der Waals surface area contributed by atoms with Gasteiger partial charge in [-0.15, -0.1) is 12.4 Å². The number of ether oxygens (including phenoxy) is 1.